The second-order valence-electron chi connectivity index (χ2n) is 5.08. The molecule has 0 atom stereocenters. The molecule has 0 aliphatic carbocycles. The lowest BCUT2D eigenvalue weighted by Crippen LogP contribution is -2.36. The molecule has 3 nitrogen and oxygen atoms in total. The van der Waals surface area contributed by atoms with E-state index in [-0.39, 0.29) is 11.0 Å². The highest BCUT2D eigenvalue weighted by molar-refractivity contribution is 6.59. The monoisotopic (exact) mass is 327 g/mol. The quantitative estimate of drug-likeness (QED) is 0.504. The van der Waals surface area contributed by atoms with Gasteiger partial charge in [0.05, 0.1) is 0 Å². The predicted octanol–water partition coefficient (Wildman–Crippen LogP) is 4.71. The number of hydrogen-bond donors (Lipinski definition) is 0. The summed E-state index contributed by atoms with van der Waals surface area (Å²) in [7, 11) is -2.70. The third-order valence-electron chi connectivity index (χ3n) is 3.73. The molecule has 7 heteroatoms. The minimum absolute atomic E-state index is 0.182. The van der Waals surface area contributed by atoms with Gasteiger partial charge in [0.1, 0.15) is 11.0 Å². The summed E-state index contributed by atoms with van der Waals surface area (Å²) in [4.78, 5) is 9.32. The number of anilines is 1. The van der Waals surface area contributed by atoms with Crippen LogP contribution in [-0.2, 0) is 0 Å². The van der Waals surface area contributed by atoms with Gasteiger partial charge in [-0.05, 0) is 23.6 Å². The molecule has 1 aliphatic rings. The molecule has 0 saturated heterocycles. The van der Waals surface area contributed by atoms with Crippen LogP contribution in [0.5, 0.6) is 0 Å². The van der Waals surface area contributed by atoms with E-state index in [1.165, 1.54) is 0 Å². The van der Waals surface area contributed by atoms with Crippen LogP contribution >= 0.6 is 11.6 Å². The van der Waals surface area contributed by atoms with Crippen molar-refractivity contribution in [1.82, 2.24) is 4.98 Å². The smallest absolute Gasteiger partial charge is 0.309 e. The maximum Gasteiger partial charge on any atom is 0.679 e. The van der Waals surface area contributed by atoms with Crippen LogP contribution in [0.2, 0.25) is 5.15 Å². The van der Waals surface area contributed by atoms with Gasteiger partial charge in [-0.15, -0.1) is 0 Å². The minimum Gasteiger partial charge on any atom is -0.309 e. The summed E-state index contributed by atoms with van der Waals surface area (Å²) in [5.74, 6) is 0.476. The molecule has 4 rings (SSSR count). The lowest BCUT2D eigenvalue weighted by molar-refractivity contribution is 0.660. The fourth-order valence-corrected chi connectivity index (χ4v) is 2.99. The second kappa shape index (κ2) is 5.31. The topological polar surface area (TPSA) is 28.5 Å². The Morgan fingerprint density at radius 2 is 1.74 bits per heavy atom. The summed E-state index contributed by atoms with van der Waals surface area (Å²) in [5, 5.41) is 1.94. The molecule has 0 bridgehead atoms. The van der Waals surface area contributed by atoms with Crippen molar-refractivity contribution in [2.75, 3.05) is 4.81 Å². The minimum atomic E-state index is -2.70. The van der Waals surface area contributed by atoms with Gasteiger partial charge in [-0.2, -0.15) is 0 Å². The van der Waals surface area contributed by atoms with Gasteiger partial charge in [0.25, 0.3) is 0 Å². The van der Waals surface area contributed by atoms with E-state index >= 15 is 0 Å². The van der Waals surface area contributed by atoms with Gasteiger partial charge >= 0.3 is 7.40 Å². The molecule has 0 spiro atoms. The van der Waals surface area contributed by atoms with Crippen LogP contribution in [0, 0.1) is 0 Å². The van der Waals surface area contributed by atoms with Crippen LogP contribution in [0.3, 0.4) is 0 Å². The molecule has 112 valence electrons. The van der Waals surface area contributed by atoms with Crippen LogP contribution < -0.4 is 4.81 Å². The summed E-state index contributed by atoms with van der Waals surface area (Å²) in [6.07, 6.45) is 0. The number of amidine groups is 1. The van der Waals surface area contributed by atoms with Crippen molar-refractivity contribution in [1.29, 1.82) is 0 Å². The Balaban J connectivity index is 1.98. The molecule has 0 saturated carbocycles. The highest BCUT2D eigenvalue weighted by Gasteiger charge is 2.38. The Hall–Kier alpha value is -2.47. The summed E-state index contributed by atoms with van der Waals surface area (Å²) in [6.45, 7) is 0. The first-order valence-electron chi connectivity index (χ1n) is 6.96. The molecule has 3 aromatic rings. The Morgan fingerprint density at radius 3 is 2.48 bits per heavy atom. The van der Waals surface area contributed by atoms with Crippen molar-refractivity contribution in [3.05, 3.63) is 65.3 Å². The van der Waals surface area contributed by atoms with Gasteiger partial charge in [-0.3, -0.25) is 8.63 Å². The highest BCUT2D eigenvalue weighted by Crippen LogP contribution is 2.39. The molecule has 0 radical (unpaired) electrons. The zero-order valence-corrected chi connectivity index (χ0v) is 12.5. The normalized spacial score (nSPS) is 14.7. The van der Waals surface area contributed by atoms with Crippen LogP contribution in [0.1, 0.15) is 5.56 Å². The summed E-state index contributed by atoms with van der Waals surface area (Å²) in [5.41, 5.74) is 1.12. The van der Waals surface area contributed by atoms with Gasteiger partial charge in [-0.1, -0.05) is 48.0 Å². The van der Waals surface area contributed by atoms with Crippen molar-refractivity contribution < 1.29 is 8.63 Å². The Labute approximate surface area is 136 Å². The third-order valence-corrected chi connectivity index (χ3v) is 3.94. The fourth-order valence-electron chi connectivity index (χ4n) is 2.83. The first kappa shape index (κ1) is 14.1. The number of benzene rings is 2. The lowest BCUT2D eigenvalue weighted by Gasteiger charge is -2.17. The predicted molar refractivity (Wildman–Crippen MR) is 89.8 cm³/mol. The molecule has 0 amide bonds. The number of aliphatic imine (C=N–C) groups is 1. The molecule has 2 aromatic carbocycles. The Kier molecular flexibility index (Phi) is 3.27. The van der Waals surface area contributed by atoms with E-state index in [1.807, 2.05) is 18.2 Å². The summed E-state index contributed by atoms with van der Waals surface area (Å²) < 4.78 is 27.3. The van der Waals surface area contributed by atoms with E-state index in [0.29, 0.717) is 17.1 Å². The molecule has 2 heterocycles. The average molecular weight is 328 g/mol. The maximum atomic E-state index is 13.7. The van der Waals surface area contributed by atoms with E-state index in [9.17, 15) is 8.63 Å². The second-order valence-corrected chi connectivity index (χ2v) is 5.47. The van der Waals surface area contributed by atoms with Crippen molar-refractivity contribution in [3.8, 4) is 0 Å². The van der Waals surface area contributed by atoms with Gasteiger partial charge in [-0.25, -0.2) is 9.98 Å². The Bertz CT molecular complexity index is 940. The average Bonchev–Trinajstić information content (AvgIpc) is 2.84. The lowest BCUT2D eigenvalue weighted by atomic mass is 10.1. The van der Waals surface area contributed by atoms with E-state index < -0.39 is 7.40 Å². The third kappa shape index (κ3) is 2.26. The number of pyridine rings is 1. The molecule has 23 heavy (non-hydrogen) atoms. The highest BCUT2D eigenvalue weighted by atomic mass is 35.5. The number of hydrogen-bond acceptors (Lipinski definition) is 2. The van der Waals surface area contributed by atoms with Crippen LogP contribution in [0.25, 0.3) is 10.8 Å². The zero-order valence-electron chi connectivity index (χ0n) is 11.7. The molecule has 1 aliphatic heterocycles. The van der Waals surface area contributed by atoms with Crippen LogP contribution in [0.15, 0.2) is 59.6 Å². The van der Waals surface area contributed by atoms with Crippen LogP contribution in [-0.4, -0.2) is 18.2 Å². The summed E-state index contributed by atoms with van der Waals surface area (Å²) in [6, 6.07) is 15.8. The first-order chi connectivity index (χ1) is 11.1. The van der Waals surface area contributed by atoms with Crippen LogP contribution in [0.4, 0.5) is 20.1 Å². The maximum absolute atomic E-state index is 13.7. The number of aromatic nitrogens is 1. The van der Waals surface area contributed by atoms with E-state index in [2.05, 4.69) is 9.98 Å². The SMILES string of the molecule is FB(F)N1C(=Nc2cccc(Cl)n2)c2cccc3cccc1c23. The van der Waals surface area contributed by atoms with Crippen molar-refractivity contribution in [2.45, 2.75) is 0 Å². The van der Waals surface area contributed by atoms with Gasteiger partial charge < -0.3 is 4.81 Å². The molecule has 0 unspecified atom stereocenters. The molecule has 0 N–H and O–H groups in total. The van der Waals surface area contributed by atoms with Gasteiger partial charge in [0, 0.05) is 16.6 Å². The molecule has 1 aromatic heterocycles. The van der Waals surface area contributed by atoms with E-state index in [0.717, 1.165) is 15.6 Å². The number of nitrogens with zero attached hydrogens (tertiary/aromatic N) is 3. The number of rotatable bonds is 2. The Morgan fingerprint density at radius 1 is 1.00 bits per heavy atom. The van der Waals surface area contributed by atoms with Crippen molar-refractivity contribution in [3.63, 3.8) is 0 Å². The molecular formula is C16H9BClF2N3. The number of halogens is 3. The van der Waals surface area contributed by atoms with Gasteiger partial charge in [0.15, 0.2) is 5.82 Å². The first-order valence-corrected chi connectivity index (χ1v) is 7.34. The van der Waals surface area contributed by atoms with Crippen molar-refractivity contribution in [2.24, 2.45) is 4.99 Å². The van der Waals surface area contributed by atoms with Crippen molar-refractivity contribution >= 4 is 47.1 Å². The summed E-state index contributed by atoms with van der Waals surface area (Å²) >= 11 is 5.86. The van der Waals surface area contributed by atoms with Gasteiger partial charge in [0.2, 0.25) is 0 Å². The molecular weight excluding hydrogens is 318 g/mol. The largest absolute Gasteiger partial charge is 0.679 e. The standard InChI is InChI=1S/C16H9BClF2N3/c18-13-8-3-9-14(21-13)22-16-11-6-1-4-10-5-2-7-12(15(10)11)23(16)17(19)20/h1-9H. The molecule has 0 fully saturated rings. The fraction of sp³-hybridized carbons (Fsp3) is 0. The zero-order chi connectivity index (χ0) is 16.0. The van der Waals surface area contributed by atoms with E-state index in [1.54, 1.807) is 36.4 Å². The van der Waals surface area contributed by atoms with E-state index in [4.69, 9.17) is 11.6 Å².